The molecule has 0 saturated carbocycles. The van der Waals surface area contributed by atoms with Crippen LogP contribution in [-0.2, 0) is 4.79 Å². The van der Waals surface area contributed by atoms with Crippen LogP contribution in [0.5, 0.6) is 0 Å². The molecule has 20 heavy (non-hydrogen) atoms. The second-order valence-corrected chi connectivity index (χ2v) is 4.98. The summed E-state index contributed by atoms with van der Waals surface area (Å²) in [5.74, 6) is -1.97. The van der Waals surface area contributed by atoms with Gasteiger partial charge in [0.25, 0.3) is 0 Å². The van der Waals surface area contributed by atoms with Gasteiger partial charge in [0.2, 0.25) is 0 Å². The Labute approximate surface area is 113 Å². The smallest absolute Gasteiger partial charge is 0.406 e. The quantitative estimate of drug-likeness (QED) is 0.806. The molecular weight excluding hydrogens is 281 g/mol. The molecule has 0 aromatic heterocycles. The molecule has 9 heteroatoms. The maximum absolute atomic E-state index is 13.0. The van der Waals surface area contributed by atoms with Gasteiger partial charge in [-0.15, -0.1) is 0 Å². The van der Waals surface area contributed by atoms with Gasteiger partial charge in [0, 0.05) is 20.1 Å². The van der Waals surface area contributed by atoms with Crippen molar-refractivity contribution in [2.45, 2.75) is 25.6 Å². The molecule has 2 unspecified atom stereocenters. The molecule has 0 radical (unpaired) electrons. The summed E-state index contributed by atoms with van der Waals surface area (Å²) in [7, 11) is 1.34. The lowest BCUT2D eigenvalue weighted by molar-refractivity contribution is -0.227. The van der Waals surface area contributed by atoms with Gasteiger partial charge >= 0.3 is 18.2 Å². The molecule has 2 amide bonds. The number of carbonyl (C=O) groups excluding carboxylic acids is 1. The molecule has 0 bridgehead atoms. The van der Waals surface area contributed by atoms with Gasteiger partial charge in [-0.3, -0.25) is 4.79 Å². The number of alkyl halides is 3. The highest BCUT2D eigenvalue weighted by Gasteiger charge is 2.64. The fraction of sp³-hybridized carbons (Fsp3) is 0.818. The number of likely N-dealkylation sites (N-methyl/N-ethyl adjacent to an activating group) is 1. The van der Waals surface area contributed by atoms with Crippen molar-refractivity contribution in [3.05, 3.63) is 0 Å². The monoisotopic (exact) mass is 298 g/mol. The molecule has 1 fully saturated rings. The number of rotatable bonds is 3. The Kier molecular flexibility index (Phi) is 4.52. The van der Waals surface area contributed by atoms with Crippen LogP contribution in [0.4, 0.5) is 18.0 Å². The summed E-state index contributed by atoms with van der Waals surface area (Å²) in [6, 6.07) is -1.29. The van der Waals surface area contributed by atoms with Crippen LogP contribution in [0, 0.1) is 5.41 Å². The first-order valence-electron chi connectivity index (χ1n) is 5.99. The highest BCUT2D eigenvalue weighted by molar-refractivity contribution is 5.80. The predicted molar refractivity (Wildman–Crippen MR) is 62.0 cm³/mol. The minimum atomic E-state index is -4.92. The molecule has 0 aromatic rings. The third-order valence-corrected chi connectivity index (χ3v) is 3.72. The number of likely N-dealkylation sites (tertiary alicyclic amines) is 1. The molecule has 2 atom stereocenters. The summed E-state index contributed by atoms with van der Waals surface area (Å²) in [6.07, 6.45) is -5.59. The highest BCUT2D eigenvalue weighted by Crippen LogP contribution is 2.45. The average molecular weight is 298 g/mol. The fourth-order valence-electron chi connectivity index (χ4n) is 2.03. The number of hydrogen-bond acceptors (Lipinski definition) is 3. The number of hydrogen-bond donors (Lipinski definition) is 2. The number of nitrogens with zero attached hydrogens (tertiary/aromatic N) is 2. The zero-order valence-electron chi connectivity index (χ0n) is 11.1. The number of carbonyl (C=O) groups is 2. The molecule has 6 nitrogen and oxygen atoms in total. The number of carboxylic acid groups (broad SMARTS) is 1. The van der Waals surface area contributed by atoms with E-state index in [0.29, 0.717) is 0 Å². The van der Waals surface area contributed by atoms with Gasteiger partial charge in [-0.05, 0) is 13.3 Å². The molecule has 116 valence electrons. The van der Waals surface area contributed by atoms with Crippen LogP contribution in [0.1, 0.15) is 13.3 Å². The second kappa shape index (κ2) is 5.47. The average Bonchev–Trinajstić information content (AvgIpc) is 2.81. The van der Waals surface area contributed by atoms with Crippen molar-refractivity contribution in [2.75, 3.05) is 26.7 Å². The minimum absolute atomic E-state index is 0.285. The van der Waals surface area contributed by atoms with Gasteiger partial charge in [-0.25, -0.2) is 4.79 Å². The fourth-order valence-corrected chi connectivity index (χ4v) is 2.03. The Balaban J connectivity index is 2.90. The molecule has 2 N–H and O–H groups in total. The Hall–Kier alpha value is -1.51. The number of aliphatic hydroxyl groups is 1. The standard InChI is InChI=1S/C11H17F3N2O4/c1-7(5-17)15(2)9(20)16-4-3-10(6-16,8(18)19)11(12,13)14/h7,17H,3-6H2,1-2H3,(H,18,19). The second-order valence-electron chi connectivity index (χ2n) is 4.98. The normalized spacial score (nSPS) is 24.6. The Bertz CT molecular complexity index is 402. The number of aliphatic carboxylic acids is 1. The lowest BCUT2D eigenvalue weighted by Gasteiger charge is -2.30. The zero-order chi connectivity index (χ0) is 15.7. The van der Waals surface area contributed by atoms with Crippen molar-refractivity contribution in [3.8, 4) is 0 Å². The summed E-state index contributed by atoms with van der Waals surface area (Å²) in [5.41, 5.74) is -2.91. The first-order chi connectivity index (χ1) is 9.06. The molecule has 1 aliphatic rings. The van der Waals surface area contributed by atoms with E-state index in [1.165, 1.54) is 14.0 Å². The van der Waals surface area contributed by atoms with Gasteiger partial charge in [0.1, 0.15) is 0 Å². The van der Waals surface area contributed by atoms with Crippen molar-refractivity contribution in [2.24, 2.45) is 5.41 Å². The lowest BCUT2D eigenvalue weighted by Crippen LogP contribution is -2.50. The van der Waals surface area contributed by atoms with E-state index < -0.39 is 42.6 Å². The molecule has 1 rings (SSSR count). The van der Waals surface area contributed by atoms with Crippen molar-refractivity contribution in [3.63, 3.8) is 0 Å². The molecule has 1 heterocycles. The summed E-state index contributed by atoms with van der Waals surface area (Å²) < 4.78 is 38.9. The number of halogens is 3. The van der Waals surface area contributed by atoms with E-state index in [1.54, 1.807) is 0 Å². The Morgan fingerprint density at radius 1 is 1.45 bits per heavy atom. The largest absolute Gasteiger partial charge is 0.481 e. The van der Waals surface area contributed by atoms with Gasteiger partial charge in [0.15, 0.2) is 5.41 Å². The van der Waals surface area contributed by atoms with E-state index in [1.807, 2.05) is 0 Å². The van der Waals surface area contributed by atoms with Crippen molar-refractivity contribution < 1.29 is 33.0 Å². The van der Waals surface area contributed by atoms with Crippen LogP contribution >= 0.6 is 0 Å². The van der Waals surface area contributed by atoms with Crippen molar-refractivity contribution in [1.29, 1.82) is 0 Å². The Morgan fingerprint density at radius 2 is 2.00 bits per heavy atom. The number of amides is 2. The van der Waals surface area contributed by atoms with Crippen LogP contribution in [0.25, 0.3) is 0 Å². The first kappa shape index (κ1) is 16.5. The molecule has 1 saturated heterocycles. The van der Waals surface area contributed by atoms with Crippen LogP contribution in [0.3, 0.4) is 0 Å². The topological polar surface area (TPSA) is 81.1 Å². The number of urea groups is 1. The first-order valence-corrected chi connectivity index (χ1v) is 5.99. The van der Waals surface area contributed by atoms with Gasteiger partial charge in [-0.2, -0.15) is 13.2 Å². The highest BCUT2D eigenvalue weighted by atomic mass is 19.4. The summed E-state index contributed by atoms with van der Waals surface area (Å²) in [4.78, 5) is 24.9. The van der Waals surface area contributed by atoms with Gasteiger partial charge in [-0.1, -0.05) is 0 Å². The molecular formula is C11H17F3N2O4. The third-order valence-electron chi connectivity index (χ3n) is 3.72. The Morgan fingerprint density at radius 3 is 2.35 bits per heavy atom. The summed E-state index contributed by atoms with van der Waals surface area (Å²) in [6.45, 7) is 0.00187. The van der Waals surface area contributed by atoms with Crippen LogP contribution in [0.2, 0.25) is 0 Å². The van der Waals surface area contributed by atoms with E-state index in [2.05, 4.69) is 0 Å². The summed E-state index contributed by atoms with van der Waals surface area (Å²) >= 11 is 0. The van der Waals surface area contributed by atoms with E-state index >= 15 is 0 Å². The van der Waals surface area contributed by atoms with E-state index in [9.17, 15) is 22.8 Å². The van der Waals surface area contributed by atoms with Crippen molar-refractivity contribution >= 4 is 12.0 Å². The number of aliphatic hydroxyl groups excluding tert-OH is 1. The zero-order valence-corrected chi connectivity index (χ0v) is 11.1. The molecule has 0 aromatic carbocycles. The van der Waals surface area contributed by atoms with E-state index in [0.717, 1.165) is 9.80 Å². The predicted octanol–water partition coefficient (Wildman–Crippen LogP) is 0.758. The SMILES string of the molecule is CC(CO)N(C)C(=O)N1CCC(C(=O)O)(C(F)(F)F)C1. The minimum Gasteiger partial charge on any atom is -0.481 e. The van der Waals surface area contributed by atoms with Crippen LogP contribution < -0.4 is 0 Å². The van der Waals surface area contributed by atoms with Crippen LogP contribution in [-0.4, -0.2) is 71.0 Å². The van der Waals surface area contributed by atoms with Crippen LogP contribution in [0.15, 0.2) is 0 Å². The molecule has 1 aliphatic heterocycles. The summed E-state index contributed by atoms with van der Waals surface area (Å²) in [5, 5.41) is 17.8. The van der Waals surface area contributed by atoms with Gasteiger partial charge in [0.05, 0.1) is 12.6 Å². The van der Waals surface area contributed by atoms with Crippen molar-refractivity contribution in [1.82, 2.24) is 9.80 Å². The maximum atomic E-state index is 13.0. The van der Waals surface area contributed by atoms with Gasteiger partial charge < -0.3 is 20.0 Å². The molecule has 0 spiro atoms. The van der Waals surface area contributed by atoms with E-state index in [-0.39, 0.29) is 13.2 Å². The van der Waals surface area contributed by atoms with E-state index in [4.69, 9.17) is 10.2 Å². The number of carboxylic acids is 1. The lowest BCUT2D eigenvalue weighted by atomic mass is 9.86. The third kappa shape index (κ3) is 2.67. The maximum Gasteiger partial charge on any atom is 0.406 e. The molecule has 0 aliphatic carbocycles.